The number of H-pyrrole nitrogens is 1. The van der Waals surface area contributed by atoms with E-state index < -0.39 is 11.6 Å². The molecule has 0 bridgehead atoms. The summed E-state index contributed by atoms with van der Waals surface area (Å²) in [4.78, 5) is 17.1. The molecular weight excluding hydrogens is 414 g/mol. The van der Waals surface area contributed by atoms with E-state index >= 15 is 0 Å². The summed E-state index contributed by atoms with van der Waals surface area (Å²) in [7, 11) is 1.69. The quantitative estimate of drug-likeness (QED) is 0.385. The van der Waals surface area contributed by atoms with Crippen LogP contribution < -0.4 is 0 Å². The van der Waals surface area contributed by atoms with Crippen molar-refractivity contribution in [1.82, 2.24) is 19.9 Å². The molecule has 0 unspecified atom stereocenters. The number of aromatic amines is 1. The molecule has 32 heavy (non-hydrogen) atoms. The number of methoxy groups -OCH3 is 1. The van der Waals surface area contributed by atoms with Gasteiger partial charge >= 0.3 is 0 Å². The van der Waals surface area contributed by atoms with Crippen LogP contribution in [0.4, 0.5) is 8.78 Å². The second kappa shape index (κ2) is 8.43. The van der Waals surface area contributed by atoms with Crippen molar-refractivity contribution in [3.8, 4) is 22.6 Å². The average Bonchev–Trinajstić information content (AvgIpc) is 3.40. The number of nitrogens with one attached hydrogen (secondary N) is 1. The minimum Gasteiger partial charge on any atom is -0.422 e. The van der Waals surface area contributed by atoms with Crippen molar-refractivity contribution in [2.75, 3.05) is 13.7 Å². The van der Waals surface area contributed by atoms with Gasteiger partial charge in [-0.1, -0.05) is 6.92 Å². The van der Waals surface area contributed by atoms with Gasteiger partial charge < -0.3 is 14.1 Å². The fraction of sp³-hybridized carbons (Fsp3) is 0.375. The van der Waals surface area contributed by atoms with Crippen LogP contribution in [0.5, 0.6) is 0 Å². The van der Waals surface area contributed by atoms with Crippen molar-refractivity contribution >= 4 is 11.2 Å². The number of rotatable bonds is 8. The number of benzene rings is 1. The van der Waals surface area contributed by atoms with Crippen molar-refractivity contribution in [2.24, 2.45) is 5.92 Å². The van der Waals surface area contributed by atoms with Crippen LogP contribution >= 0.6 is 0 Å². The number of oxazole rings is 1. The van der Waals surface area contributed by atoms with Gasteiger partial charge in [0.2, 0.25) is 5.71 Å². The van der Waals surface area contributed by atoms with Gasteiger partial charge in [0.05, 0.1) is 11.4 Å². The molecule has 0 aliphatic heterocycles. The van der Waals surface area contributed by atoms with Gasteiger partial charge in [-0.05, 0) is 49.4 Å². The number of pyridine rings is 1. The summed E-state index contributed by atoms with van der Waals surface area (Å²) in [5.41, 5.74) is 2.90. The Balaban J connectivity index is 1.51. The third-order valence-electron chi connectivity index (χ3n) is 5.77. The van der Waals surface area contributed by atoms with E-state index in [-0.39, 0.29) is 5.56 Å². The first-order valence-electron chi connectivity index (χ1n) is 10.8. The third-order valence-corrected chi connectivity index (χ3v) is 5.77. The van der Waals surface area contributed by atoms with Gasteiger partial charge in [-0.15, -0.1) is 0 Å². The van der Waals surface area contributed by atoms with Gasteiger partial charge in [-0.2, -0.15) is 0 Å². The van der Waals surface area contributed by atoms with Crippen molar-refractivity contribution in [3.05, 3.63) is 53.7 Å². The zero-order valence-electron chi connectivity index (χ0n) is 18.0. The molecule has 0 radical (unpaired) electrons. The van der Waals surface area contributed by atoms with E-state index in [1.165, 1.54) is 12.1 Å². The van der Waals surface area contributed by atoms with Crippen molar-refractivity contribution in [1.29, 1.82) is 0 Å². The number of imidazole rings is 1. The van der Waals surface area contributed by atoms with Crippen LogP contribution in [0, 0.1) is 17.6 Å². The van der Waals surface area contributed by atoms with Crippen LogP contribution in [0.15, 0.2) is 34.7 Å². The van der Waals surface area contributed by atoms with Gasteiger partial charge in [-0.3, -0.25) is 0 Å². The summed E-state index contributed by atoms with van der Waals surface area (Å²) in [5, 5.41) is 0. The fourth-order valence-electron chi connectivity index (χ4n) is 3.81. The Hall–Kier alpha value is -3.13. The molecule has 3 heterocycles. The molecule has 4 aromatic rings. The second-order valence-electron chi connectivity index (χ2n) is 8.46. The molecule has 166 valence electrons. The largest absolute Gasteiger partial charge is 0.422 e. The first-order valence-corrected chi connectivity index (χ1v) is 10.8. The molecule has 8 heteroatoms. The monoisotopic (exact) mass is 438 g/mol. The number of hydrogen-bond acceptors (Lipinski definition) is 5. The predicted molar refractivity (Wildman–Crippen MR) is 116 cm³/mol. The van der Waals surface area contributed by atoms with E-state index in [9.17, 15) is 8.78 Å². The first kappa shape index (κ1) is 20.8. The summed E-state index contributed by atoms with van der Waals surface area (Å²) >= 11 is 0. The highest BCUT2D eigenvalue weighted by Gasteiger charge is 2.29. The number of ether oxygens (including phenoxy) is 1. The van der Waals surface area contributed by atoms with Crippen LogP contribution in [-0.2, 0) is 11.2 Å². The van der Waals surface area contributed by atoms with Gasteiger partial charge in [0.15, 0.2) is 5.89 Å². The maximum absolute atomic E-state index is 14.6. The van der Waals surface area contributed by atoms with E-state index in [2.05, 4.69) is 26.9 Å². The van der Waals surface area contributed by atoms with Crippen LogP contribution in [0.1, 0.15) is 43.8 Å². The van der Waals surface area contributed by atoms with Crippen LogP contribution in [0.3, 0.4) is 0 Å². The van der Waals surface area contributed by atoms with Crippen molar-refractivity contribution in [2.45, 2.75) is 38.5 Å². The molecule has 0 spiro atoms. The maximum atomic E-state index is 14.6. The molecule has 6 nitrogen and oxygen atoms in total. The van der Waals surface area contributed by atoms with E-state index in [0.29, 0.717) is 59.1 Å². The van der Waals surface area contributed by atoms with Gasteiger partial charge in [0, 0.05) is 37.7 Å². The lowest BCUT2D eigenvalue weighted by molar-refractivity contribution is 0.178. The average molecular weight is 438 g/mol. The molecule has 3 aromatic heterocycles. The summed E-state index contributed by atoms with van der Waals surface area (Å²) in [5.74, 6) is 0.837. The highest BCUT2D eigenvalue weighted by atomic mass is 19.1. The van der Waals surface area contributed by atoms with E-state index in [1.54, 1.807) is 7.11 Å². The molecule has 1 aliphatic rings. The van der Waals surface area contributed by atoms with E-state index in [4.69, 9.17) is 9.15 Å². The lowest BCUT2D eigenvalue weighted by Crippen LogP contribution is -2.03. The molecule has 1 aliphatic carbocycles. The Labute approximate surface area is 184 Å². The van der Waals surface area contributed by atoms with Crippen LogP contribution in [-0.4, -0.2) is 33.7 Å². The van der Waals surface area contributed by atoms with Crippen LogP contribution in [0.2, 0.25) is 0 Å². The molecule has 1 aromatic carbocycles. The zero-order chi connectivity index (χ0) is 22.2. The van der Waals surface area contributed by atoms with E-state index in [1.807, 2.05) is 12.1 Å². The van der Waals surface area contributed by atoms with Crippen molar-refractivity contribution in [3.63, 3.8) is 0 Å². The SMILES string of the molecule is COCC[C@H](C)Cc1nc2ccc(-c3[nH]c(C4CC4)nc3-c3ccc(F)cc3F)nc2o1. The second-order valence-corrected chi connectivity index (χ2v) is 8.46. The smallest absolute Gasteiger partial charge is 0.247 e. The zero-order valence-corrected chi connectivity index (χ0v) is 18.0. The molecular formula is C24H24F2N4O2. The maximum Gasteiger partial charge on any atom is 0.247 e. The molecule has 1 fully saturated rings. The van der Waals surface area contributed by atoms with E-state index in [0.717, 1.165) is 31.2 Å². The highest BCUT2D eigenvalue weighted by molar-refractivity contribution is 5.80. The summed E-state index contributed by atoms with van der Waals surface area (Å²) < 4.78 is 39.1. The number of aromatic nitrogens is 4. The number of fused-ring (bicyclic) bond motifs is 1. The number of hydrogen-bond donors (Lipinski definition) is 1. The van der Waals surface area contributed by atoms with Gasteiger partial charge in [0.1, 0.15) is 28.7 Å². The first-order chi connectivity index (χ1) is 15.5. The third kappa shape index (κ3) is 4.14. The summed E-state index contributed by atoms with van der Waals surface area (Å²) in [6, 6.07) is 7.17. The standard InChI is InChI=1S/C24H24F2N4O2/c1-13(9-10-31-2)11-20-27-19-8-7-18(28-24(19)32-20)22-21(29-23(30-22)14-3-4-14)16-6-5-15(25)12-17(16)26/h5-8,12-14H,3-4,9-11H2,1-2H3,(H,29,30)/t13-/m0/s1. The van der Waals surface area contributed by atoms with Gasteiger partial charge in [-0.25, -0.2) is 23.7 Å². The Morgan fingerprint density at radius 3 is 2.75 bits per heavy atom. The summed E-state index contributed by atoms with van der Waals surface area (Å²) in [6.45, 7) is 2.82. The molecule has 1 N–H and O–H groups in total. The number of nitrogens with zero attached hydrogens (tertiary/aromatic N) is 3. The minimum absolute atomic E-state index is 0.233. The Morgan fingerprint density at radius 2 is 2.00 bits per heavy atom. The molecule has 0 amide bonds. The van der Waals surface area contributed by atoms with Crippen LogP contribution in [0.25, 0.3) is 33.9 Å². The molecule has 5 rings (SSSR count). The summed E-state index contributed by atoms with van der Waals surface area (Å²) in [6.07, 6.45) is 3.69. The normalized spacial score (nSPS) is 14.9. The predicted octanol–water partition coefficient (Wildman–Crippen LogP) is 5.65. The molecule has 0 saturated heterocycles. The molecule has 1 saturated carbocycles. The van der Waals surface area contributed by atoms with Crippen molar-refractivity contribution < 1.29 is 17.9 Å². The van der Waals surface area contributed by atoms with Gasteiger partial charge in [0.25, 0.3) is 0 Å². The Bertz CT molecular complexity index is 1260. The Morgan fingerprint density at radius 1 is 1.16 bits per heavy atom. The number of halogens is 2. The topological polar surface area (TPSA) is 76.8 Å². The fourth-order valence-corrected chi connectivity index (χ4v) is 3.81. The Kier molecular flexibility index (Phi) is 5.46. The lowest BCUT2D eigenvalue weighted by atomic mass is 10.1. The highest BCUT2D eigenvalue weighted by Crippen LogP contribution is 2.42. The lowest BCUT2D eigenvalue weighted by Gasteiger charge is -2.06. The molecule has 1 atom stereocenters. The minimum atomic E-state index is -0.659.